The number of hydrogen-bond donors (Lipinski definition) is 1. The lowest BCUT2D eigenvalue weighted by Crippen LogP contribution is -2.42. The topological polar surface area (TPSA) is 40.5 Å². The number of piperidine rings is 1. The largest absolute Gasteiger partial charge is 0.394 e. The maximum Gasteiger partial charge on any atom is 0.161 e. The number of aliphatic hydroxyl groups is 1. The summed E-state index contributed by atoms with van der Waals surface area (Å²) in [5, 5.41) is 9.43. The predicted molar refractivity (Wildman–Crippen MR) is 68.5 cm³/mol. The quantitative estimate of drug-likeness (QED) is 0.814. The number of Topliss-reactive ketones (excluding diaryl/α,β-unsaturated/α-hetero) is 1. The van der Waals surface area contributed by atoms with Gasteiger partial charge in [0.25, 0.3) is 0 Å². The Labute approximate surface area is 102 Å². The van der Waals surface area contributed by atoms with Crippen LogP contribution in [0.4, 0.5) is 5.69 Å². The standard InChI is InChI=1S/C14H19NO2/c1-11(17)13-7-2-3-8-14(13)15-9-5-4-6-12(15)10-16/h2-3,7-8,12,16H,4-6,9-10H2,1H3. The Morgan fingerprint density at radius 3 is 2.88 bits per heavy atom. The van der Waals surface area contributed by atoms with Crippen molar-refractivity contribution in [3.05, 3.63) is 29.8 Å². The summed E-state index contributed by atoms with van der Waals surface area (Å²) >= 11 is 0. The molecule has 0 amide bonds. The first kappa shape index (κ1) is 12.1. The molecule has 1 aromatic rings. The fourth-order valence-electron chi connectivity index (χ4n) is 2.53. The normalized spacial score (nSPS) is 20.4. The van der Waals surface area contributed by atoms with Gasteiger partial charge in [-0.2, -0.15) is 0 Å². The van der Waals surface area contributed by atoms with Crippen molar-refractivity contribution in [2.45, 2.75) is 32.2 Å². The number of ketones is 1. The van der Waals surface area contributed by atoms with Gasteiger partial charge in [0.15, 0.2) is 5.78 Å². The third-order valence-electron chi connectivity index (χ3n) is 3.43. The fourth-order valence-corrected chi connectivity index (χ4v) is 2.53. The van der Waals surface area contributed by atoms with Crippen molar-refractivity contribution >= 4 is 11.5 Å². The molecule has 1 aromatic carbocycles. The first-order valence-electron chi connectivity index (χ1n) is 6.21. The van der Waals surface area contributed by atoms with Crippen molar-refractivity contribution < 1.29 is 9.90 Å². The highest BCUT2D eigenvalue weighted by molar-refractivity contribution is 5.99. The second-order valence-electron chi connectivity index (χ2n) is 4.60. The van der Waals surface area contributed by atoms with E-state index in [1.54, 1.807) is 6.92 Å². The minimum absolute atomic E-state index is 0.0860. The zero-order valence-electron chi connectivity index (χ0n) is 10.2. The van der Waals surface area contributed by atoms with E-state index in [0.717, 1.165) is 37.1 Å². The van der Waals surface area contributed by atoms with E-state index in [0.29, 0.717) is 0 Å². The molecular formula is C14H19NO2. The minimum Gasteiger partial charge on any atom is -0.394 e. The van der Waals surface area contributed by atoms with Crippen molar-refractivity contribution in [2.75, 3.05) is 18.1 Å². The first-order valence-corrected chi connectivity index (χ1v) is 6.21. The van der Waals surface area contributed by atoms with Crippen LogP contribution in [0.3, 0.4) is 0 Å². The molecule has 0 bridgehead atoms. The fraction of sp³-hybridized carbons (Fsp3) is 0.500. The van der Waals surface area contributed by atoms with E-state index < -0.39 is 0 Å². The van der Waals surface area contributed by atoms with Crippen molar-refractivity contribution in [3.8, 4) is 0 Å². The number of aliphatic hydroxyl groups excluding tert-OH is 1. The second-order valence-corrected chi connectivity index (χ2v) is 4.60. The van der Waals surface area contributed by atoms with Crippen LogP contribution < -0.4 is 4.90 Å². The Morgan fingerprint density at radius 2 is 2.18 bits per heavy atom. The predicted octanol–water partition coefficient (Wildman–Crippen LogP) is 2.24. The summed E-state index contributed by atoms with van der Waals surface area (Å²) in [5.74, 6) is 0.0860. The van der Waals surface area contributed by atoms with Gasteiger partial charge in [0.05, 0.1) is 12.6 Å². The van der Waals surface area contributed by atoms with E-state index in [1.165, 1.54) is 0 Å². The minimum atomic E-state index is 0.0860. The van der Waals surface area contributed by atoms with E-state index in [9.17, 15) is 9.90 Å². The molecule has 1 saturated heterocycles. The molecular weight excluding hydrogens is 214 g/mol. The molecule has 1 atom stereocenters. The highest BCUT2D eigenvalue weighted by Gasteiger charge is 2.24. The summed E-state index contributed by atoms with van der Waals surface area (Å²) in [6.45, 7) is 2.68. The van der Waals surface area contributed by atoms with Gasteiger partial charge in [0.1, 0.15) is 0 Å². The molecule has 1 aliphatic heterocycles. The molecule has 1 heterocycles. The van der Waals surface area contributed by atoms with Crippen LogP contribution in [0.25, 0.3) is 0 Å². The smallest absolute Gasteiger partial charge is 0.161 e. The Kier molecular flexibility index (Phi) is 3.79. The Bertz CT molecular complexity index is 403. The van der Waals surface area contributed by atoms with E-state index in [-0.39, 0.29) is 18.4 Å². The van der Waals surface area contributed by atoms with Crippen LogP contribution in [0.5, 0.6) is 0 Å². The summed E-state index contributed by atoms with van der Waals surface area (Å²) in [7, 11) is 0. The number of carbonyl (C=O) groups excluding carboxylic acids is 1. The SMILES string of the molecule is CC(=O)c1ccccc1N1CCCCC1CO. The molecule has 17 heavy (non-hydrogen) atoms. The third-order valence-corrected chi connectivity index (χ3v) is 3.43. The molecule has 2 rings (SSSR count). The number of carbonyl (C=O) groups is 1. The molecule has 1 unspecified atom stereocenters. The highest BCUT2D eigenvalue weighted by Crippen LogP contribution is 2.28. The Hall–Kier alpha value is -1.35. The van der Waals surface area contributed by atoms with Gasteiger partial charge in [-0.25, -0.2) is 0 Å². The first-order chi connectivity index (χ1) is 8.24. The zero-order valence-corrected chi connectivity index (χ0v) is 10.2. The number of nitrogens with zero attached hydrogens (tertiary/aromatic N) is 1. The summed E-state index contributed by atoms with van der Waals surface area (Å²) in [6.07, 6.45) is 3.29. The van der Waals surface area contributed by atoms with Crippen LogP contribution in [0, 0.1) is 0 Å². The average Bonchev–Trinajstić information content (AvgIpc) is 2.38. The maximum atomic E-state index is 11.6. The zero-order chi connectivity index (χ0) is 12.3. The average molecular weight is 233 g/mol. The monoisotopic (exact) mass is 233 g/mol. The van der Waals surface area contributed by atoms with Crippen LogP contribution in [-0.4, -0.2) is 30.1 Å². The second kappa shape index (κ2) is 5.32. The van der Waals surface area contributed by atoms with Gasteiger partial charge in [-0.3, -0.25) is 4.79 Å². The van der Waals surface area contributed by atoms with Crippen molar-refractivity contribution in [2.24, 2.45) is 0 Å². The highest BCUT2D eigenvalue weighted by atomic mass is 16.3. The number of anilines is 1. The van der Waals surface area contributed by atoms with Crippen LogP contribution in [0.15, 0.2) is 24.3 Å². The molecule has 3 nitrogen and oxygen atoms in total. The van der Waals surface area contributed by atoms with E-state index in [2.05, 4.69) is 4.90 Å². The number of rotatable bonds is 3. The summed E-state index contributed by atoms with van der Waals surface area (Å²) in [5.41, 5.74) is 1.73. The van der Waals surface area contributed by atoms with Gasteiger partial charge in [0.2, 0.25) is 0 Å². The van der Waals surface area contributed by atoms with Crippen LogP contribution >= 0.6 is 0 Å². The summed E-state index contributed by atoms with van der Waals surface area (Å²) < 4.78 is 0. The summed E-state index contributed by atoms with van der Waals surface area (Å²) in [4.78, 5) is 13.8. The number of hydrogen-bond acceptors (Lipinski definition) is 3. The molecule has 0 aromatic heterocycles. The molecule has 1 N–H and O–H groups in total. The lowest BCUT2D eigenvalue weighted by molar-refractivity contribution is 0.101. The Morgan fingerprint density at radius 1 is 1.41 bits per heavy atom. The molecule has 3 heteroatoms. The van der Waals surface area contributed by atoms with Gasteiger partial charge in [-0.15, -0.1) is 0 Å². The molecule has 92 valence electrons. The van der Waals surface area contributed by atoms with Crippen LogP contribution in [0.2, 0.25) is 0 Å². The number of benzene rings is 1. The molecule has 1 aliphatic rings. The van der Waals surface area contributed by atoms with Gasteiger partial charge in [-0.1, -0.05) is 12.1 Å². The molecule has 1 fully saturated rings. The van der Waals surface area contributed by atoms with Crippen molar-refractivity contribution in [1.29, 1.82) is 0 Å². The van der Waals surface area contributed by atoms with Crippen LogP contribution in [-0.2, 0) is 0 Å². The van der Waals surface area contributed by atoms with Crippen molar-refractivity contribution in [1.82, 2.24) is 0 Å². The van der Waals surface area contributed by atoms with Gasteiger partial charge in [-0.05, 0) is 38.3 Å². The third kappa shape index (κ3) is 2.50. The van der Waals surface area contributed by atoms with Gasteiger partial charge in [0, 0.05) is 17.8 Å². The molecule has 0 spiro atoms. The Balaban J connectivity index is 2.34. The lowest BCUT2D eigenvalue weighted by atomic mass is 9.99. The van der Waals surface area contributed by atoms with Crippen LogP contribution in [0.1, 0.15) is 36.5 Å². The summed E-state index contributed by atoms with van der Waals surface area (Å²) in [6, 6.07) is 7.83. The molecule has 0 radical (unpaired) electrons. The maximum absolute atomic E-state index is 11.6. The van der Waals surface area contributed by atoms with Gasteiger partial charge < -0.3 is 10.0 Å². The molecule has 0 saturated carbocycles. The van der Waals surface area contributed by atoms with Gasteiger partial charge >= 0.3 is 0 Å². The van der Waals surface area contributed by atoms with E-state index in [4.69, 9.17) is 0 Å². The van der Waals surface area contributed by atoms with E-state index in [1.807, 2.05) is 24.3 Å². The van der Waals surface area contributed by atoms with Crippen molar-refractivity contribution in [3.63, 3.8) is 0 Å². The number of para-hydroxylation sites is 1. The molecule has 0 aliphatic carbocycles. The van der Waals surface area contributed by atoms with E-state index >= 15 is 0 Å². The lowest BCUT2D eigenvalue weighted by Gasteiger charge is -2.37.